The van der Waals surface area contributed by atoms with Gasteiger partial charge in [0.2, 0.25) is 10.0 Å². The lowest BCUT2D eigenvalue weighted by atomic mass is 10.2. The van der Waals surface area contributed by atoms with Crippen LogP contribution in [0.3, 0.4) is 0 Å². The summed E-state index contributed by atoms with van der Waals surface area (Å²) >= 11 is 5.80. The molecule has 0 bridgehead atoms. The summed E-state index contributed by atoms with van der Waals surface area (Å²) in [6.07, 6.45) is 0.899. The van der Waals surface area contributed by atoms with Crippen LogP contribution in [0.4, 0.5) is 0 Å². The molecule has 0 aromatic heterocycles. The van der Waals surface area contributed by atoms with E-state index in [0.29, 0.717) is 29.9 Å². The lowest BCUT2D eigenvalue weighted by Crippen LogP contribution is -2.38. The van der Waals surface area contributed by atoms with E-state index in [4.69, 9.17) is 11.6 Å². The fourth-order valence-electron chi connectivity index (χ4n) is 2.91. The van der Waals surface area contributed by atoms with Crippen molar-refractivity contribution in [3.05, 3.63) is 29.8 Å². The SMILES string of the molecule is CCN(CC)C1CCN(S(=O)(=O)c2cccc(CCl)c2)C1. The van der Waals surface area contributed by atoms with E-state index >= 15 is 0 Å². The topological polar surface area (TPSA) is 40.6 Å². The van der Waals surface area contributed by atoms with Gasteiger partial charge in [0.25, 0.3) is 0 Å². The van der Waals surface area contributed by atoms with E-state index < -0.39 is 10.0 Å². The Bertz CT molecular complexity index is 573. The highest BCUT2D eigenvalue weighted by Gasteiger charge is 2.34. The lowest BCUT2D eigenvalue weighted by Gasteiger charge is -2.26. The molecule has 1 saturated heterocycles. The Kier molecular flexibility index (Phi) is 5.66. The number of likely N-dealkylation sites (N-methyl/N-ethyl adjacent to an activating group) is 1. The zero-order valence-electron chi connectivity index (χ0n) is 12.6. The minimum absolute atomic E-state index is 0.325. The van der Waals surface area contributed by atoms with Crippen LogP contribution < -0.4 is 0 Å². The fraction of sp³-hybridized carbons (Fsp3) is 0.600. The van der Waals surface area contributed by atoms with Crippen molar-refractivity contribution in [2.45, 2.75) is 37.1 Å². The smallest absolute Gasteiger partial charge is 0.243 e. The summed E-state index contributed by atoms with van der Waals surface area (Å²) in [6.45, 7) is 7.31. The van der Waals surface area contributed by atoms with E-state index in [1.807, 2.05) is 6.07 Å². The highest BCUT2D eigenvalue weighted by Crippen LogP contribution is 2.24. The summed E-state index contributed by atoms with van der Waals surface area (Å²) in [6, 6.07) is 7.24. The van der Waals surface area contributed by atoms with Crippen LogP contribution in [-0.2, 0) is 15.9 Å². The highest BCUT2D eigenvalue weighted by molar-refractivity contribution is 7.89. The predicted octanol–water partition coefficient (Wildman–Crippen LogP) is 2.53. The largest absolute Gasteiger partial charge is 0.300 e. The van der Waals surface area contributed by atoms with Crippen molar-refractivity contribution in [1.82, 2.24) is 9.21 Å². The Morgan fingerprint density at radius 3 is 2.67 bits per heavy atom. The highest BCUT2D eigenvalue weighted by atomic mass is 35.5. The van der Waals surface area contributed by atoms with Gasteiger partial charge >= 0.3 is 0 Å². The quantitative estimate of drug-likeness (QED) is 0.753. The van der Waals surface area contributed by atoms with Crippen molar-refractivity contribution in [1.29, 1.82) is 0 Å². The van der Waals surface area contributed by atoms with Crippen LogP contribution in [0.2, 0.25) is 0 Å². The maximum atomic E-state index is 12.7. The first-order valence-corrected chi connectivity index (χ1v) is 9.39. The number of alkyl halides is 1. The maximum absolute atomic E-state index is 12.7. The van der Waals surface area contributed by atoms with Crippen LogP contribution in [0.1, 0.15) is 25.8 Å². The Morgan fingerprint density at radius 1 is 1.33 bits per heavy atom. The monoisotopic (exact) mass is 330 g/mol. The molecule has 0 radical (unpaired) electrons. The molecular formula is C15H23ClN2O2S. The molecule has 0 N–H and O–H groups in total. The van der Waals surface area contributed by atoms with E-state index in [9.17, 15) is 8.42 Å². The lowest BCUT2D eigenvalue weighted by molar-refractivity contribution is 0.224. The third-order valence-electron chi connectivity index (χ3n) is 4.15. The molecule has 0 amide bonds. The van der Waals surface area contributed by atoms with Gasteiger partial charge in [-0.1, -0.05) is 26.0 Å². The first-order chi connectivity index (χ1) is 10.0. The van der Waals surface area contributed by atoms with E-state index in [1.165, 1.54) is 0 Å². The normalized spacial score (nSPS) is 20.3. The van der Waals surface area contributed by atoms with Crippen molar-refractivity contribution in [2.75, 3.05) is 26.2 Å². The van der Waals surface area contributed by atoms with Crippen molar-refractivity contribution < 1.29 is 8.42 Å². The number of hydrogen-bond acceptors (Lipinski definition) is 3. The molecule has 0 spiro atoms. The summed E-state index contributed by atoms with van der Waals surface area (Å²) in [7, 11) is -3.41. The third kappa shape index (κ3) is 3.59. The number of sulfonamides is 1. The van der Waals surface area contributed by atoms with Crippen LogP contribution in [-0.4, -0.2) is 49.8 Å². The molecule has 118 valence electrons. The van der Waals surface area contributed by atoms with Crippen molar-refractivity contribution in [2.24, 2.45) is 0 Å². The van der Waals surface area contributed by atoms with Gasteiger partial charge in [-0.2, -0.15) is 4.31 Å². The summed E-state index contributed by atoms with van der Waals surface area (Å²) in [5.74, 6) is 0.325. The number of hydrogen-bond donors (Lipinski definition) is 0. The van der Waals surface area contributed by atoms with Crippen LogP contribution in [0.5, 0.6) is 0 Å². The van der Waals surface area contributed by atoms with Gasteiger partial charge in [0, 0.05) is 25.0 Å². The van der Waals surface area contributed by atoms with E-state index in [1.54, 1.807) is 22.5 Å². The Hall–Kier alpha value is -0.620. The Morgan fingerprint density at radius 2 is 2.05 bits per heavy atom. The number of nitrogens with zero attached hydrogens (tertiary/aromatic N) is 2. The van der Waals surface area contributed by atoms with Gasteiger partial charge in [0.05, 0.1) is 4.90 Å². The summed E-state index contributed by atoms with van der Waals surface area (Å²) < 4.78 is 27.0. The molecule has 1 aromatic rings. The second-order valence-electron chi connectivity index (χ2n) is 5.31. The molecular weight excluding hydrogens is 308 g/mol. The van der Waals surface area contributed by atoms with Gasteiger partial charge in [-0.05, 0) is 37.2 Å². The molecule has 1 aliphatic heterocycles. The fourth-order valence-corrected chi connectivity index (χ4v) is 4.63. The van der Waals surface area contributed by atoms with Crippen LogP contribution in [0.25, 0.3) is 0 Å². The van der Waals surface area contributed by atoms with Crippen molar-refractivity contribution in [3.8, 4) is 0 Å². The molecule has 4 nitrogen and oxygen atoms in total. The molecule has 1 aromatic carbocycles. The van der Waals surface area contributed by atoms with E-state index in [2.05, 4.69) is 18.7 Å². The zero-order chi connectivity index (χ0) is 15.5. The van der Waals surface area contributed by atoms with Gasteiger partial charge in [-0.15, -0.1) is 11.6 Å². The maximum Gasteiger partial charge on any atom is 0.243 e. The summed E-state index contributed by atoms with van der Waals surface area (Å²) in [5, 5.41) is 0. The van der Waals surface area contributed by atoms with Crippen LogP contribution in [0.15, 0.2) is 29.2 Å². The van der Waals surface area contributed by atoms with Crippen LogP contribution in [0, 0.1) is 0 Å². The Balaban J connectivity index is 2.17. The first kappa shape index (κ1) is 16.7. The molecule has 0 aliphatic carbocycles. The van der Waals surface area contributed by atoms with Crippen molar-refractivity contribution in [3.63, 3.8) is 0 Å². The molecule has 21 heavy (non-hydrogen) atoms. The van der Waals surface area contributed by atoms with Gasteiger partial charge in [-0.3, -0.25) is 4.90 Å². The molecule has 1 atom stereocenters. The van der Waals surface area contributed by atoms with E-state index in [0.717, 1.165) is 25.1 Å². The standard InChI is InChI=1S/C15H23ClN2O2S/c1-3-17(4-2)14-8-9-18(12-14)21(19,20)15-7-5-6-13(10-15)11-16/h5-7,10,14H,3-4,8-9,11-12H2,1-2H3. The molecule has 1 fully saturated rings. The van der Waals surface area contributed by atoms with Gasteiger partial charge < -0.3 is 0 Å². The molecule has 6 heteroatoms. The third-order valence-corrected chi connectivity index (χ3v) is 6.32. The van der Waals surface area contributed by atoms with Crippen molar-refractivity contribution >= 4 is 21.6 Å². The molecule has 2 rings (SSSR count). The second-order valence-corrected chi connectivity index (χ2v) is 7.51. The van der Waals surface area contributed by atoms with E-state index in [-0.39, 0.29) is 0 Å². The predicted molar refractivity (Wildman–Crippen MR) is 86.1 cm³/mol. The minimum Gasteiger partial charge on any atom is -0.300 e. The zero-order valence-corrected chi connectivity index (χ0v) is 14.2. The summed E-state index contributed by atoms with van der Waals surface area (Å²) in [4.78, 5) is 2.67. The number of rotatable bonds is 6. The van der Waals surface area contributed by atoms with Crippen LogP contribution >= 0.6 is 11.6 Å². The average Bonchev–Trinajstić information content (AvgIpc) is 2.99. The molecule has 1 heterocycles. The Labute approximate surface area is 132 Å². The molecule has 0 saturated carbocycles. The minimum atomic E-state index is -3.41. The first-order valence-electron chi connectivity index (χ1n) is 7.42. The number of halogens is 1. The molecule has 1 aliphatic rings. The van der Waals surface area contributed by atoms with Gasteiger partial charge in [0.1, 0.15) is 0 Å². The second kappa shape index (κ2) is 7.09. The summed E-state index contributed by atoms with van der Waals surface area (Å²) in [5.41, 5.74) is 0.831. The van der Waals surface area contributed by atoms with Gasteiger partial charge in [-0.25, -0.2) is 8.42 Å². The molecule has 1 unspecified atom stereocenters. The number of benzene rings is 1. The average molecular weight is 331 g/mol. The van der Waals surface area contributed by atoms with Gasteiger partial charge in [0.15, 0.2) is 0 Å².